The molecule has 0 saturated carbocycles. The molecule has 0 bridgehead atoms. The minimum Gasteiger partial charge on any atom is -0.485 e. The molecule has 0 radical (unpaired) electrons. The Hall–Kier alpha value is -1.11. The fourth-order valence-corrected chi connectivity index (χ4v) is 2.52. The summed E-state index contributed by atoms with van der Waals surface area (Å²) >= 11 is 0. The maximum Gasteiger partial charge on any atom is 0.494 e. The average molecular weight is 308 g/mol. The molecule has 1 aromatic carbocycles. The van der Waals surface area contributed by atoms with Crippen molar-refractivity contribution in [3.63, 3.8) is 0 Å². The Labute approximate surface area is 131 Å². The summed E-state index contributed by atoms with van der Waals surface area (Å²) in [5, 5.41) is 0. The van der Waals surface area contributed by atoms with E-state index in [9.17, 15) is 4.39 Å². The van der Waals surface area contributed by atoms with Crippen LogP contribution in [0.1, 0.15) is 34.1 Å². The fourth-order valence-electron chi connectivity index (χ4n) is 2.52. The predicted octanol–water partition coefficient (Wildman–Crippen LogP) is 2.29. The molecular weight excluding hydrogens is 286 g/mol. The lowest BCUT2D eigenvalue weighted by Crippen LogP contribution is -2.41. The first-order chi connectivity index (χ1) is 10.3. The van der Waals surface area contributed by atoms with Crippen LogP contribution in [0.25, 0.3) is 0 Å². The van der Waals surface area contributed by atoms with Crippen LogP contribution >= 0.6 is 0 Å². The summed E-state index contributed by atoms with van der Waals surface area (Å²) in [6.45, 7) is 9.07. The van der Waals surface area contributed by atoms with Crippen molar-refractivity contribution < 1.29 is 23.2 Å². The number of ether oxygens (including phenoxy) is 2. The van der Waals surface area contributed by atoms with Crippen molar-refractivity contribution in [2.24, 2.45) is 0 Å². The minimum absolute atomic E-state index is 0.0720. The zero-order valence-electron chi connectivity index (χ0n) is 13.5. The van der Waals surface area contributed by atoms with Crippen LogP contribution in [-0.2, 0) is 14.0 Å². The second-order valence-corrected chi connectivity index (χ2v) is 6.88. The Kier molecular flexibility index (Phi) is 3.95. The lowest BCUT2D eigenvalue weighted by Gasteiger charge is -2.32. The Bertz CT molecular complexity index is 539. The minimum atomic E-state index is -0.566. The fraction of sp³-hybridized carbons (Fsp3) is 0.625. The third-order valence-corrected chi connectivity index (χ3v) is 4.66. The highest BCUT2D eigenvalue weighted by Crippen LogP contribution is 2.36. The maximum atomic E-state index is 14.3. The summed E-state index contributed by atoms with van der Waals surface area (Å²) in [5.74, 6) is -0.158. The summed E-state index contributed by atoms with van der Waals surface area (Å²) in [6.07, 6.45) is 0.718. The maximum absolute atomic E-state index is 14.3. The van der Waals surface area contributed by atoms with E-state index in [0.717, 1.165) is 6.42 Å². The number of halogens is 1. The highest BCUT2D eigenvalue weighted by Gasteiger charge is 2.51. The van der Waals surface area contributed by atoms with Crippen molar-refractivity contribution in [2.75, 3.05) is 13.2 Å². The standard InChI is InChI=1S/C16H22BFO4/c1-15(2)16(3,4)22-17(21-15)11-5-6-14(13(18)9-11)20-12-7-8-19-10-12/h5-6,9,12H,7-8,10H2,1-4H3. The first-order valence-corrected chi connectivity index (χ1v) is 7.68. The van der Waals surface area contributed by atoms with Crippen LogP contribution in [0.3, 0.4) is 0 Å². The van der Waals surface area contributed by atoms with E-state index in [-0.39, 0.29) is 11.9 Å². The average Bonchev–Trinajstić information content (AvgIpc) is 2.99. The Morgan fingerprint density at radius 3 is 2.41 bits per heavy atom. The van der Waals surface area contributed by atoms with Crippen molar-refractivity contribution in [3.05, 3.63) is 24.0 Å². The second-order valence-electron chi connectivity index (χ2n) is 6.88. The van der Waals surface area contributed by atoms with Gasteiger partial charge in [-0.2, -0.15) is 0 Å². The Balaban J connectivity index is 1.75. The molecule has 2 aliphatic heterocycles. The van der Waals surface area contributed by atoms with Crippen molar-refractivity contribution in [1.82, 2.24) is 0 Å². The van der Waals surface area contributed by atoms with E-state index in [0.29, 0.717) is 18.7 Å². The van der Waals surface area contributed by atoms with Crippen molar-refractivity contribution in [1.29, 1.82) is 0 Å². The first kappa shape index (κ1) is 15.8. The van der Waals surface area contributed by atoms with Crippen LogP contribution in [0.15, 0.2) is 18.2 Å². The number of hydrogen-bond donors (Lipinski definition) is 0. The summed E-state index contributed by atoms with van der Waals surface area (Å²) in [6, 6.07) is 4.84. The monoisotopic (exact) mass is 308 g/mol. The SMILES string of the molecule is CC1(C)OB(c2ccc(OC3CCOC3)c(F)c2)OC1(C)C. The number of hydrogen-bond acceptors (Lipinski definition) is 4. The molecule has 0 amide bonds. The van der Waals surface area contributed by atoms with Gasteiger partial charge in [0.15, 0.2) is 11.6 Å². The molecule has 1 aromatic rings. The molecule has 1 atom stereocenters. The topological polar surface area (TPSA) is 36.9 Å². The Morgan fingerprint density at radius 1 is 1.18 bits per heavy atom. The summed E-state index contributed by atoms with van der Waals surface area (Å²) in [4.78, 5) is 0. The number of rotatable bonds is 3. The van der Waals surface area contributed by atoms with E-state index < -0.39 is 24.1 Å². The van der Waals surface area contributed by atoms with Crippen LogP contribution in [0, 0.1) is 5.82 Å². The van der Waals surface area contributed by atoms with Gasteiger partial charge in [0.05, 0.1) is 24.4 Å². The molecule has 2 fully saturated rings. The second kappa shape index (κ2) is 5.51. The molecule has 2 saturated heterocycles. The van der Waals surface area contributed by atoms with Gasteiger partial charge in [-0.3, -0.25) is 0 Å². The van der Waals surface area contributed by atoms with Crippen LogP contribution in [0.4, 0.5) is 4.39 Å². The molecule has 3 rings (SSSR count). The molecule has 1 unspecified atom stereocenters. The highest BCUT2D eigenvalue weighted by atomic mass is 19.1. The van der Waals surface area contributed by atoms with Gasteiger partial charge >= 0.3 is 7.12 Å². The van der Waals surface area contributed by atoms with E-state index in [2.05, 4.69) is 0 Å². The zero-order valence-corrected chi connectivity index (χ0v) is 13.5. The smallest absolute Gasteiger partial charge is 0.485 e. The van der Waals surface area contributed by atoms with Crippen LogP contribution < -0.4 is 10.2 Å². The van der Waals surface area contributed by atoms with Gasteiger partial charge in [-0.1, -0.05) is 6.07 Å². The van der Waals surface area contributed by atoms with E-state index in [1.165, 1.54) is 6.07 Å². The molecule has 120 valence electrons. The zero-order chi connectivity index (χ0) is 16.0. The third kappa shape index (κ3) is 2.87. The van der Waals surface area contributed by atoms with Crippen molar-refractivity contribution in [3.8, 4) is 5.75 Å². The van der Waals surface area contributed by atoms with Crippen LogP contribution in [0.2, 0.25) is 0 Å². The van der Waals surface area contributed by atoms with Gasteiger partial charge in [-0.15, -0.1) is 0 Å². The van der Waals surface area contributed by atoms with Crippen LogP contribution in [0.5, 0.6) is 5.75 Å². The molecule has 0 N–H and O–H groups in total. The van der Waals surface area contributed by atoms with Gasteiger partial charge < -0.3 is 18.8 Å². The number of benzene rings is 1. The van der Waals surface area contributed by atoms with E-state index in [1.807, 2.05) is 27.7 Å². The first-order valence-electron chi connectivity index (χ1n) is 7.68. The Morgan fingerprint density at radius 2 is 1.86 bits per heavy atom. The molecule has 4 nitrogen and oxygen atoms in total. The van der Waals surface area contributed by atoms with Gasteiger partial charge in [0.2, 0.25) is 0 Å². The predicted molar refractivity (Wildman–Crippen MR) is 82.0 cm³/mol. The van der Waals surface area contributed by atoms with Crippen LogP contribution in [-0.4, -0.2) is 37.6 Å². The largest absolute Gasteiger partial charge is 0.494 e. The summed E-state index contributed by atoms with van der Waals surface area (Å²) in [5.41, 5.74) is -0.221. The molecule has 2 heterocycles. The van der Waals surface area contributed by atoms with Gasteiger partial charge in [0, 0.05) is 6.42 Å². The van der Waals surface area contributed by atoms with E-state index in [4.69, 9.17) is 18.8 Å². The summed E-state index contributed by atoms with van der Waals surface area (Å²) in [7, 11) is -0.566. The molecule has 22 heavy (non-hydrogen) atoms. The molecule has 2 aliphatic rings. The van der Waals surface area contributed by atoms with Crippen molar-refractivity contribution in [2.45, 2.75) is 51.4 Å². The third-order valence-electron chi connectivity index (χ3n) is 4.66. The lowest BCUT2D eigenvalue weighted by atomic mass is 9.79. The normalized spacial score (nSPS) is 26.4. The molecule has 0 aromatic heterocycles. The van der Waals surface area contributed by atoms with Gasteiger partial charge in [-0.25, -0.2) is 4.39 Å². The van der Waals surface area contributed by atoms with E-state index in [1.54, 1.807) is 12.1 Å². The molecular formula is C16H22BFO4. The quantitative estimate of drug-likeness (QED) is 0.803. The van der Waals surface area contributed by atoms with E-state index >= 15 is 0 Å². The molecule has 0 spiro atoms. The molecule has 0 aliphatic carbocycles. The van der Waals surface area contributed by atoms with Gasteiger partial charge in [0.1, 0.15) is 6.10 Å². The van der Waals surface area contributed by atoms with Gasteiger partial charge in [-0.05, 0) is 45.3 Å². The lowest BCUT2D eigenvalue weighted by molar-refractivity contribution is 0.00578. The summed E-state index contributed by atoms with van der Waals surface area (Å²) < 4.78 is 37.0. The van der Waals surface area contributed by atoms with Crippen molar-refractivity contribution >= 4 is 12.6 Å². The van der Waals surface area contributed by atoms with Gasteiger partial charge in [0.25, 0.3) is 0 Å². The highest BCUT2D eigenvalue weighted by molar-refractivity contribution is 6.62. The molecule has 6 heteroatoms.